The minimum atomic E-state index is -0.0886. The highest BCUT2D eigenvalue weighted by atomic mass is 16.5. The Bertz CT molecular complexity index is 854. The molecule has 2 aromatic rings. The van der Waals surface area contributed by atoms with Crippen molar-refractivity contribution >= 4 is 11.6 Å². The van der Waals surface area contributed by atoms with E-state index in [-0.39, 0.29) is 18.6 Å². The number of ether oxygens (including phenoxy) is 1. The Hall–Kier alpha value is -2.49. The van der Waals surface area contributed by atoms with Gasteiger partial charge in [-0.2, -0.15) is 0 Å². The molecule has 0 spiro atoms. The van der Waals surface area contributed by atoms with Gasteiger partial charge >= 0.3 is 0 Å². The molecule has 0 aromatic heterocycles. The van der Waals surface area contributed by atoms with Crippen LogP contribution in [0.4, 0.5) is 5.69 Å². The van der Waals surface area contributed by atoms with E-state index in [4.69, 9.17) is 4.74 Å². The van der Waals surface area contributed by atoms with Crippen LogP contribution in [0.2, 0.25) is 0 Å². The molecule has 1 fully saturated rings. The molecule has 4 heteroatoms. The summed E-state index contributed by atoms with van der Waals surface area (Å²) in [5.74, 6) is 1.53. The molecule has 4 nitrogen and oxygen atoms in total. The highest BCUT2D eigenvalue weighted by Crippen LogP contribution is 2.26. The van der Waals surface area contributed by atoms with Crippen molar-refractivity contribution in [3.63, 3.8) is 0 Å². The third-order valence-electron chi connectivity index (χ3n) is 6.61. The lowest BCUT2D eigenvalue weighted by atomic mass is 9.92. The number of piperidine rings is 1. The van der Waals surface area contributed by atoms with Gasteiger partial charge in [0.25, 0.3) is 5.91 Å². The summed E-state index contributed by atoms with van der Waals surface area (Å²) in [6.45, 7) is 6.67. The average molecular weight is 407 g/mol. The lowest BCUT2D eigenvalue weighted by Crippen LogP contribution is -2.33. The van der Waals surface area contributed by atoms with Crippen molar-refractivity contribution in [2.45, 2.75) is 58.4 Å². The summed E-state index contributed by atoms with van der Waals surface area (Å²) in [7, 11) is 0. The van der Waals surface area contributed by atoms with Crippen molar-refractivity contribution in [2.75, 3.05) is 24.6 Å². The third-order valence-corrected chi connectivity index (χ3v) is 6.61. The zero-order valence-electron chi connectivity index (χ0n) is 18.3. The lowest BCUT2D eigenvalue weighted by Gasteiger charge is -2.32. The minimum absolute atomic E-state index is 0.0416. The van der Waals surface area contributed by atoms with E-state index in [0.717, 1.165) is 43.2 Å². The van der Waals surface area contributed by atoms with Crippen LogP contribution in [0.3, 0.4) is 0 Å². The quantitative estimate of drug-likeness (QED) is 0.729. The molecular weight excluding hydrogens is 372 g/mol. The topological polar surface area (TPSA) is 41.6 Å². The summed E-state index contributed by atoms with van der Waals surface area (Å²) in [5, 5.41) is 3.06. The molecule has 1 amide bonds. The summed E-state index contributed by atoms with van der Waals surface area (Å²) >= 11 is 0. The Labute approximate surface area is 180 Å². The predicted octanol–water partition coefficient (Wildman–Crippen LogP) is 5.06. The molecular formula is C26H34N2O2. The number of anilines is 1. The van der Waals surface area contributed by atoms with Gasteiger partial charge in [-0.1, -0.05) is 25.1 Å². The van der Waals surface area contributed by atoms with Gasteiger partial charge in [-0.25, -0.2) is 0 Å². The maximum atomic E-state index is 12.4. The highest BCUT2D eigenvalue weighted by Gasteiger charge is 2.17. The van der Waals surface area contributed by atoms with E-state index in [9.17, 15) is 4.79 Å². The Morgan fingerprint density at radius 1 is 1.07 bits per heavy atom. The average Bonchev–Trinajstić information content (AvgIpc) is 2.78. The number of nitrogens with zero attached hydrogens (tertiary/aromatic N) is 1. The number of benzene rings is 2. The number of hydrogen-bond acceptors (Lipinski definition) is 3. The largest absolute Gasteiger partial charge is 0.484 e. The molecule has 0 radical (unpaired) electrons. The van der Waals surface area contributed by atoms with Crippen LogP contribution in [-0.2, 0) is 17.6 Å². The van der Waals surface area contributed by atoms with Crippen molar-refractivity contribution in [2.24, 2.45) is 5.92 Å². The molecule has 1 atom stereocenters. The van der Waals surface area contributed by atoms with Crippen LogP contribution in [0.25, 0.3) is 0 Å². The summed E-state index contributed by atoms with van der Waals surface area (Å²) in [6, 6.07) is 14.8. The second kappa shape index (κ2) is 9.55. The van der Waals surface area contributed by atoms with E-state index in [2.05, 4.69) is 53.5 Å². The van der Waals surface area contributed by atoms with Crippen LogP contribution < -0.4 is 15.0 Å². The van der Waals surface area contributed by atoms with Crippen molar-refractivity contribution < 1.29 is 9.53 Å². The zero-order valence-corrected chi connectivity index (χ0v) is 18.3. The van der Waals surface area contributed by atoms with Gasteiger partial charge in [0.15, 0.2) is 6.61 Å². The van der Waals surface area contributed by atoms with E-state index >= 15 is 0 Å². The minimum Gasteiger partial charge on any atom is -0.484 e. The molecule has 1 N–H and O–H groups in total. The van der Waals surface area contributed by atoms with Crippen molar-refractivity contribution in [3.05, 3.63) is 59.2 Å². The van der Waals surface area contributed by atoms with Crippen molar-refractivity contribution in [1.82, 2.24) is 5.32 Å². The van der Waals surface area contributed by atoms with Gasteiger partial charge in [-0.3, -0.25) is 4.79 Å². The number of fused-ring (bicyclic) bond motifs is 1. The van der Waals surface area contributed by atoms with Crippen LogP contribution >= 0.6 is 0 Å². The number of carbonyl (C=O) groups is 1. The summed E-state index contributed by atoms with van der Waals surface area (Å²) < 4.78 is 5.76. The molecule has 1 heterocycles. The van der Waals surface area contributed by atoms with Gasteiger partial charge in [0, 0.05) is 18.8 Å². The highest BCUT2D eigenvalue weighted by molar-refractivity contribution is 5.78. The Morgan fingerprint density at radius 2 is 1.77 bits per heavy atom. The fourth-order valence-electron chi connectivity index (χ4n) is 4.56. The molecule has 0 bridgehead atoms. The van der Waals surface area contributed by atoms with E-state index in [0.29, 0.717) is 0 Å². The smallest absolute Gasteiger partial charge is 0.258 e. The number of rotatable bonds is 6. The SMILES string of the molecule is CC1CCN(c2ccc(C(C)NC(=O)COc3ccc4c(c3)CCCC4)cc2)CC1. The monoisotopic (exact) mass is 406 g/mol. The van der Waals surface area contributed by atoms with Crippen LogP contribution in [0.15, 0.2) is 42.5 Å². The Kier molecular flexibility index (Phi) is 6.61. The van der Waals surface area contributed by atoms with Gasteiger partial charge in [0.05, 0.1) is 6.04 Å². The first-order valence-electron chi connectivity index (χ1n) is 11.5. The van der Waals surface area contributed by atoms with Gasteiger partial charge in [-0.15, -0.1) is 0 Å². The van der Waals surface area contributed by atoms with Crippen LogP contribution in [0, 0.1) is 5.92 Å². The molecule has 0 saturated carbocycles. The predicted molar refractivity (Wildman–Crippen MR) is 122 cm³/mol. The number of amides is 1. The lowest BCUT2D eigenvalue weighted by molar-refractivity contribution is -0.123. The van der Waals surface area contributed by atoms with Gasteiger partial charge in [0.1, 0.15) is 5.75 Å². The Morgan fingerprint density at radius 3 is 2.50 bits per heavy atom. The third kappa shape index (κ3) is 5.16. The van der Waals surface area contributed by atoms with Crippen molar-refractivity contribution in [3.8, 4) is 5.75 Å². The van der Waals surface area contributed by atoms with Crippen LogP contribution in [0.5, 0.6) is 5.75 Å². The van der Waals surface area contributed by atoms with Crippen molar-refractivity contribution in [1.29, 1.82) is 0 Å². The second-order valence-electron chi connectivity index (χ2n) is 8.98. The maximum absolute atomic E-state index is 12.4. The summed E-state index contributed by atoms with van der Waals surface area (Å²) in [6.07, 6.45) is 7.30. The molecule has 1 aliphatic heterocycles. The van der Waals surface area contributed by atoms with E-state index in [1.165, 1.54) is 42.5 Å². The van der Waals surface area contributed by atoms with E-state index in [1.54, 1.807) is 0 Å². The second-order valence-corrected chi connectivity index (χ2v) is 8.98. The molecule has 30 heavy (non-hydrogen) atoms. The van der Waals surface area contributed by atoms with Crippen LogP contribution in [-0.4, -0.2) is 25.6 Å². The number of aryl methyl sites for hydroxylation is 2. The zero-order chi connectivity index (χ0) is 20.9. The fourth-order valence-corrected chi connectivity index (χ4v) is 4.56. The molecule has 2 aromatic carbocycles. The van der Waals surface area contributed by atoms with E-state index < -0.39 is 0 Å². The maximum Gasteiger partial charge on any atom is 0.258 e. The first-order valence-corrected chi connectivity index (χ1v) is 11.5. The standard InChI is InChI=1S/C26H34N2O2/c1-19-13-15-28(16-14-19)24-10-7-21(8-11-24)20(2)27-26(29)18-30-25-12-9-22-5-3-4-6-23(22)17-25/h7-12,17,19-20H,3-6,13-16,18H2,1-2H3,(H,27,29). The first kappa shape index (κ1) is 20.8. The first-order chi connectivity index (χ1) is 14.6. The van der Waals surface area contributed by atoms with Crippen LogP contribution in [0.1, 0.15) is 62.3 Å². The Balaban J connectivity index is 1.27. The summed E-state index contributed by atoms with van der Waals surface area (Å²) in [5.41, 5.74) is 5.19. The molecule has 2 aliphatic rings. The number of carbonyl (C=O) groups excluding carboxylic acids is 1. The normalized spacial score (nSPS) is 17.9. The molecule has 4 rings (SSSR count). The number of nitrogens with one attached hydrogen (secondary N) is 1. The molecule has 1 saturated heterocycles. The van der Waals surface area contributed by atoms with Gasteiger partial charge in [0.2, 0.25) is 0 Å². The molecule has 1 aliphatic carbocycles. The fraction of sp³-hybridized carbons (Fsp3) is 0.500. The van der Waals surface area contributed by atoms with E-state index in [1.807, 2.05) is 13.0 Å². The summed E-state index contributed by atoms with van der Waals surface area (Å²) in [4.78, 5) is 14.8. The molecule has 160 valence electrons. The number of hydrogen-bond donors (Lipinski definition) is 1. The van der Waals surface area contributed by atoms with Gasteiger partial charge < -0.3 is 15.0 Å². The van der Waals surface area contributed by atoms with Gasteiger partial charge in [-0.05, 0) is 92.3 Å². The molecule has 1 unspecified atom stereocenters.